The summed E-state index contributed by atoms with van der Waals surface area (Å²) in [7, 11) is 0. The normalized spacial score (nSPS) is 16.4. The number of anilines is 3. The molecule has 2 aliphatic rings. The van der Waals surface area contributed by atoms with Crippen LogP contribution >= 0.6 is 0 Å². The zero-order valence-electron chi connectivity index (χ0n) is 22.3. The van der Waals surface area contributed by atoms with E-state index in [-0.39, 0.29) is 29.7 Å². The molecule has 0 unspecified atom stereocenters. The number of benzene rings is 1. The second kappa shape index (κ2) is 11.9. The van der Waals surface area contributed by atoms with E-state index in [2.05, 4.69) is 27.4 Å². The fraction of sp³-hybridized carbons (Fsp3) is 0.517. The molecule has 0 spiro atoms. The van der Waals surface area contributed by atoms with Crippen molar-refractivity contribution in [3.63, 3.8) is 0 Å². The summed E-state index contributed by atoms with van der Waals surface area (Å²) < 4.78 is 0. The molecule has 1 fully saturated rings. The maximum Gasteiger partial charge on any atom is 0.257 e. The van der Waals surface area contributed by atoms with Gasteiger partial charge in [0.1, 0.15) is 0 Å². The van der Waals surface area contributed by atoms with Crippen LogP contribution in [0.1, 0.15) is 69.7 Å². The van der Waals surface area contributed by atoms with Gasteiger partial charge in [-0.2, -0.15) is 0 Å². The average Bonchev–Trinajstić information content (AvgIpc) is 3.01. The first-order valence-corrected chi connectivity index (χ1v) is 13.5. The quantitative estimate of drug-likeness (QED) is 0.480. The van der Waals surface area contributed by atoms with Gasteiger partial charge in [0.25, 0.3) is 5.91 Å². The lowest BCUT2D eigenvalue weighted by Crippen LogP contribution is -2.42. The van der Waals surface area contributed by atoms with Crippen LogP contribution in [0.15, 0.2) is 42.6 Å². The van der Waals surface area contributed by atoms with Crippen molar-refractivity contribution >= 4 is 34.9 Å². The van der Waals surface area contributed by atoms with Gasteiger partial charge in [0, 0.05) is 18.2 Å². The molecule has 2 aliphatic heterocycles. The van der Waals surface area contributed by atoms with Crippen molar-refractivity contribution < 1.29 is 14.4 Å². The van der Waals surface area contributed by atoms with E-state index >= 15 is 0 Å². The molecule has 1 saturated heterocycles. The number of piperidine rings is 1. The molecule has 0 saturated carbocycles. The lowest BCUT2D eigenvalue weighted by atomic mass is 9.87. The molecule has 3 heterocycles. The Morgan fingerprint density at radius 3 is 2.65 bits per heavy atom. The van der Waals surface area contributed by atoms with Crippen LogP contribution < -0.4 is 15.5 Å². The third-order valence-electron chi connectivity index (χ3n) is 7.52. The molecule has 4 rings (SSSR count). The predicted octanol–water partition coefficient (Wildman–Crippen LogP) is 4.75. The van der Waals surface area contributed by atoms with Gasteiger partial charge in [-0.15, -0.1) is 0 Å². The molecule has 1 aromatic heterocycles. The number of hydrogen-bond donors (Lipinski definition) is 2. The minimum atomic E-state index is -0.306. The zero-order valence-corrected chi connectivity index (χ0v) is 22.3. The molecule has 198 valence electrons. The minimum Gasteiger partial charge on any atom is -0.356 e. The molecule has 0 radical (unpaired) electrons. The Hall–Kier alpha value is -3.26. The fourth-order valence-corrected chi connectivity index (χ4v) is 5.36. The van der Waals surface area contributed by atoms with Crippen molar-refractivity contribution in [1.29, 1.82) is 0 Å². The van der Waals surface area contributed by atoms with Crippen molar-refractivity contribution in [3.05, 3.63) is 48.2 Å². The van der Waals surface area contributed by atoms with Crippen LogP contribution in [0.5, 0.6) is 0 Å². The van der Waals surface area contributed by atoms with Gasteiger partial charge >= 0.3 is 0 Å². The smallest absolute Gasteiger partial charge is 0.257 e. The molecule has 0 aliphatic carbocycles. The van der Waals surface area contributed by atoms with Crippen LogP contribution in [0, 0.1) is 11.3 Å². The number of likely N-dealkylation sites (tertiary alicyclic amines) is 1. The summed E-state index contributed by atoms with van der Waals surface area (Å²) in [4.78, 5) is 47.0. The maximum absolute atomic E-state index is 13.6. The highest BCUT2D eigenvalue weighted by Gasteiger charge is 2.32. The number of aromatic nitrogens is 1. The fourth-order valence-electron chi connectivity index (χ4n) is 5.36. The Kier molecular flexibility index (Phi) is 8.59. The SMILES string of the molecule is CCCC(C)(C)C(=O)NCCCC1CCN(CC(=O)N2c3ccccc3C(=O)Nc3cccnc32)CC1. The average molecular weight is 506 g/mol. The molecular weight excluding hydrogens is 466 g/mol. The number of pyridine rings is 1. The first-order chi connectivity index (χ1) is 17.8. The van der Waals surface area contributed by atoms with E-state index in [0.29, 0.717) is 28.7 Å². The van der Waals surface area contributed by atoms with Gasteiger partial charge in [0.2, 0.25) is 11.8 Å². The van der Waals surface area contributed by atoms with Crippen LogP contribution in [0.2, 0.25) is 0 Å². The van der Waals surface area contributed by atoms with Crippen molar-refractivity contribution in [1.82, 2.24) is 15.2 Å². The predicted molar refractivity (Wildman–Crippen MR) is 146 cm³/mol. The summed E-state index contributed by atoms with van der Waals surface area (Å²) in [5, 5.41) is 5.99. The van der Waals surface area contributed by atoms with Crippen LogP contribution in [0.25, 0.3) is 0 Å². The number of nitrogens with one attached hydrogen (secondary N) is 2. The number of nitrogens with zero attached hydrogens (tertiary/aromatic N) is 3. The number of hydrogen-bond acceptors (Lipinski definition) is 5. The van der Waals surface area contributed by atoms with E-state index in [1.54, 1.807) is 41.4 Å². The van der Waals surface area contributed by atoms with Crippen molar-refractivity contribution in [2.75, 3.05) is 36.4 Å². The van der Waals surface area contributed by atoms with Gasteiger partial charge in [0.15, 0.2) is 5.82 Å². The molecular formula is C29H39N5O3. The van der Waals surface area contributed by atoms with Gasteiger partial charge in [-0.1, -0.05) is 39.3 Å². The molecule has 8 heteroatoms. The zero-order chi connectivity index (χ0) is 26.4. The Morgan fingerprint density at radius 1 is 1.14 bits per heavy atom. The largest absolute Gasteiger partial charge is 0.356 e. The lowest BCUT2D eigenvalue weighted by molar-refractivity contribution is -0.129. The number of fused-ring (bicyclic) bond motifs is 2. The Morgan fingerprint density at radius 2 is 1.89 bits per heavy atom. The highest BCUT2D eigenvalue weighted by atomic mass is 16.2. The topological polar surface area (TPSA) is 94.6 Å². The molecule has 8 nitrogen and oxygen atoms in total. The van der Waals surface area contributed by atoms with Crippen molar-refractivity contribution in [2.45, 2.75) is 59.3 Å². The van der Waals surface area contributed by atoms with Gasteiger partial charge < -0.3 is 10.6 Å². The molecule has 3 amide bonds. The van der Waals surface area contributed by atoms with E-state index in [0.717, 1.165) is 58.2 Å². The summed E-state index contributed by atoms with van der Waals surface area (Å²) in [6, 6.07) is 10.7. The van der Waals surface area contributed by atoms with Crippen LogP contribution in [0.3, 0.4) is 0 Å². The summed E-state index contributed by atoms with van der Waals surface area (Å²) in [6.45, 7) is 8.83. The summed E-state index contributed by atoms with van der Waals surface area (Å²) >= 11 is 0. The van der Waals surface area contributed by atoms with E-state index in [1.165, 1.54) is 0 Å². The molecule has 0 bridgehead atoms. The first-order valence-electron chi connectivity index (χ1n) is 13.5. The highest BCUT2D eigenvalue weighted by Crippen LogP contribution is 2.36. The van der Waals surface area contributed by atoms with Crippen molar-refractivity contribution in [3.8, 4) is 0 Å². The van der Waals surface area contributed by atoms with E-state index < -0.39 is 0 Å². The Labute approximate surface area is 219 Å². The maximum atomic E-state index is 13.6. The summed E-state index contributed by atoms with van der Waals surface area (Å²) in [5.41, 5.74) is 1.24. The number of para-hydroxylation sites is 1. The Balaban J connectivity index is 1.30. The van der Waals surface area contributed by atoms with Gasteiger partial charge in [-0.3, -0.25) is 24.2 Å². The van der Waals surface area contributed by atoms with Crippen LogP contribution in [-0.2, 0) is 9.59 Å². The second-order valence-electron chi connectivity index (χ2n) is 10.8. The van der Waals surface area contributed by atoms with Gasteiger partial charge in [0.05, 0.1) is 23.5 Å². The first kappa shape index (κ1) is 26.8. The summed E-state index contributed by atoms with van der Waals surface area (Å²) in [5.74, 6) is 0.858. The second-order valence-corrected chi connectivity index (χ2v) is 10.8. The third-order valence-corrected chi connectivity index (χ3v) is 7.52. The molecule has 1 aromatic carbocycles. The van der Waals surface area contributed by atoms with Crippen LogP contribution in [-0.4, -0.2) is 53.8 Å². The minimum absolute atomic E-state index is 0.0974. The summed E-state index contributed by atoms with van der Waals surface area (Å²) in [6.07, 6.45) is 7.67. The Bertz CT molecular complexity index is 1120. The number of carbonyl (C=O) groups is 3. The van der Waals surface area contributed by atoms with E-state index in [4.69, 9.17) is 0 Å². The third kappa shape index (κ3) is 6.36. The number of rotatable bonds is 9. The molecule has 0 atom stereocenters. The molecule has 2 N–H and O–H groups in total. The van der Waals surface area contributed by atoms with Crippen LogP contribution in [0.4, 0.5) is 17.2 Å². The highest BCUT2D eigenvalue weighted by molar-refractivity contribution is 6.17. The van der Waals surface area contributed by atoms with E-state index in [9.17, 15) is 14.4 Å². The van der Waals surface area contributed by atoms with Gasteiger partial charge in [-0.25, -0.2) is 4.98 Å². The van der Waals surface area contributed by atoms with Crippen molar-refractivity contribution in [2.24, 2.45) is 11.3 Å². The standard InChI is InChI=1S/C29H39N5O3/c1-4-15-29(2,3)28(37)31-17-7-9-21-13-18-33(19-14-21)20-25(35)34-24-12-6-5-10-22(24)27(36)32-23-11-8-16-30-26(23)34/h5-6,8,10-12,16,21H,4,7,9,13-15,17-20H2,1-3H3,(H,31,37)(H,32,36). The van der Waals surface area contributed by atoms with E-state index in [1.807, 2.05) is 19.9 Å². The number of carbonyl (C=O) groups excluding carboxylic acids is 3. The lowest BCUT2D eigenvalue weighted by Gasteiger charge is -2.33. The monoisotopic (exact) mass is 505 g/mol. The number of amides is 3. The van der Waals surface area contributed by atoms with Gasteiger partial charge in [-0.05, 0) is 75.4 Å². The molecule has 37 heavy (non-hydrogen) atoms. The molecule has 2 aromatic rings.